The van der Waals surface area contributed by atoms with Gasteiger partial charge in [0, 0.05) is 5.37 Å². The van der Waals surface area contributed by atoms with E-state index in [-0.39, 0.29) is 0 Å². The largest absolute Gasteiger partial charge is 0.335 e. The van der Waals surface area contributed by atoms with Crippen molar-refractivity contribution in [1.82, 2.24) is 4.23 Å². The lowest BCUT2D eigenvalue weighted by Gasteiger charge is -2.47. The molecule has 1 unspecified atom stereocenters. The minimum atomic E-state index is -1.19. The van der Waals surface area contributed by atoms with Crippen molar-refractivity contribution in [3.63, 3.8) is 0 Å². The molecule has 0 aromatic carbocycles. The first-order valence-corrected chi connectivity index (χ1v) is 12.5. The maximum atomic E-state index is 4.71. The summed E-state index contributed by atoms with van der Waals surface area (Å²) in [6, 6.07) is 0. The molecule has 0 amide bonds. The molecular formula is C9H25NSSi2. The van der Waals surface area contributed by atoms with Gasteiger partial charge in [0.2, 0.25) is 0 Å². The lowest BCUT2D eigenvalue weighted by atomic mass is 10.5. The van der Waals surface area contributed by atoms with Crippen LogP contribution in [0.5, 0.6) is 0 Å². The molecular weight excluding hydrogens is 210 g/mol. The van der Waals surface area contributed by atoms with Gasteiger partial charge < -0.3 is 4.23 Å². The van der Waals surface area contributed by atoms with Gasteiger partial charge in [-0.2, -0.15) is 12.6 Å². The summed E-state index contributed by atoms with van der Waals surface area (Å²) in [7, 11) is -2.37. The SMILES string of the molecule is CCC(S)N([Si](C)(C)C)[Si](C)(C)C. The molecule has 0 aliphatic rings. The van der Waals surface area contributed by atoms with Crippen LogP contribution in [-0.4, -0.2) is 26.1 Å². The highest BCUT2D eigenvalue weighted by molar-refractivity contribution is 7.81. The van der Waals surface area contributed by atoms with Crippen molar-refractivity contribution in [2.75, 3.05) is 0 Å². The zero-order chi connectivity index (χ0) is 10.9. The van der Waals surface area contributed by atoms with E-state index in [9.17, 15) is 0 Å². The third-order valence-electron chi connectivity index (χ3n) is 2.11. The molecule has 0 heterocycles. The fraction of sp³-hybridized carbons (Fsp3) is 1.00. The third kappa shape index (κ3) is 4.19. The number of thiol groups is 1. The number of nitrogens with zero attached hydrogens (tertiary/aromatic N) is 1. The number of rotatable bonds is 4. The summed E-state index contributed by atoms with van der Waals surface area (Å²) < 4.78 is 2.74. The number of hydrogen-bond donors (Lipinski definition) is 1. The molecule has 0 saturated carbocycles. The topological polar surface area (TPSA) is 3.24 Å². The van der Waals surface area contributed by atoms with Crippen LogP contribution in [0.15, 0.2) is 0 Å². The van der Waals surface area contributed by atoms with Crippen molar-refractivity contribution in [2.45, 2.75) is 58.0 Å². The van der Waals surface area contributed by atoms with Gasteiger partial charge in [0.1, 0.15) is 16.5 Å². The van der Waals surface area contributed by atoms with Crippen LogP contribution in [0, 0.1) is 0 Å². The molecule has 0 spiro atoms. The van der Waals surface area contributed by atoms with Gasteiger partial charge >= 0.3 is 0 Å². The van der Waals surface area contributed by atoms with E-state index in [1.165, 1.54) is 0 Å². The standard InChI is InChI=1S/C9H25NSSi2/c1-8-9(11)10(12(2,3)4)13(5,6)7/h9,11H,8H2,1-7H3. The van der Waals surface area contributed by atoms with E-state index in [0.717, 1.165) is 6.42 Å². The second kappa shape index (κ2) is 4.51. The van der Waals surface area contributed by atoms with E-state index < -0.39 is 16.5 Å². The Bertz CT molecular complexity index is 146. The van der Waals surface area contributed by atoms with Crippen molar-refractivity contribution in [3.05, 3.63) is 0 Å². The Morgan fingerprint density at radius 3 is 1.38 bits per heavy atom. The second-order valence-corrected chi connectivity index (χ2v) is 16.3. The molecule has 0 aromatic heterocycles. The summed E-state index contributed by atoms with van der Waals surface area (Å²) in [5.41, 5.74) is 0. The van der Waals surface area contributed by atoms with Gasteiger partial charge in [0.15, 0.2) is 0 Å². The monoisotopic (exact) mass is 235 g/mol. The molecule has 0 aliphatic carbocycles. The third-order valence-corrected chi connectivity index (χ3v) is 10.7. The average Bonchev–Trinajstić information content (AvgIpc) is 1.80. The van der Waals surface area contributed by atoms with Crippen LogP contribution >= 0.6 is 12.6 Å². The molecule has 0 saturated heterocycles. The van der Waals surface area contributed by atoms with Gasteiger partial charge in [-0.15, -0.1) is 0 Å². The van der Waals surface area contributed by atoms with E-state index in [1.807, 2.05) is 0 Å². The summed E-state index contributed by atoms with van der Waals surface area (Å²) in [6.45, 7) is 16.8. The molecule has 4 heteroatoms. The zero-order valence-electron chi connectivity index (χ0n) is 10.2. The van der Waals surface area contributed by atoms with Crippen LogP contribution in [0.3, 0.4) is 0 Å². The quantitative estimate of drug-likeness (QED) is 0.442. The highest BCUT2D eigenvalue weighted by Crippen LogP contribution is 2.25. The van der Waals surface area contributed by atoms with Crippen LogP contribution in [-0.2, 0) is 0 Å². The Balaban J connectivity index is 4.78. The molecule has 0 aromatic rings. The Kier molecular flexibility index (Phi) is 4.77. The van der Waals surface area contributed by atoms with E-state index in [0.29, 0.717) is 5.37 Å². The predicted molar refractivity (Wildman–Crippen MR) is 71.6 cm³/mol. The van der Waals surface area contributed by atoms with Gasteiger partial charge in [-0.1, -0.05) is 46.2 Å². The first kappa shape index (κ1) is 13.7. The van der Waals surface area contributed by atoms with Gasteiger partial charge in [0.05, 0.1) is 0 Å². The fourth-order valence-electron chi connectivity index (χ4n) is 2.08. The summed E-state index contributed by atoms with van der Waals surface area (Å²) in [6.07, 6.45) is 1.15. The smallest absolute Gasteiger partial charge is 0.113 e. The Hall–Kier alpha value is 0.744. The van der Waals surface area contributed by atoms with Gasteiger partial charge in [0.25, 0.3) is 0 Å². The average molecular weight is 236 g/mol. The predicted octanol–water partition coefficient (Wildman–Crippen LogP) is 3.62. The molecule has 1 atom stereocenters. The lowest BCUT2D eigenvalue weighted by molar-refractivity contribution is 0.560. The van der Waals surface area contributed by atoms with E-state index >= 15 is 0 Å². The van der Waals surface area contributed by atoms with Crippen LogP contribution < -0.4 is 0 Å². The highest BCUT2D eigenvalue weighted by Gasteiger charge is 2.37. The first-order valence-electron chi connectivity index (χ1n) is 5.08. The molecule has 13 heavy (non-hydrogen) atoms. The Labute approximate surface area is 91.5 Å². The fourth-order valence-corrected chi connectivity index (χ4v) is 14.4. The molecule has 0 rings (SSSR count). The molecule has 1 nitrogen and oxygen atoms in total. The molecule has 0 N–H and O–H groups in total. The van der Waals surface area contributed by atoms with Crippen molar-refractivity contribution in [2.24, 2.45) is 0 Å². The van der Waals surface area contributed by atoms with Crippen LogP contribution in [0.25, 0.3) is 0 Å². The first-order chi connectivity index (χ1) is 5.60. The van der Waals surface area contributed by atoms with E-state index in [4.69, 9.17) is 12.6 Å². The minimum Gasteiger partial charge on any atom is -0.335 e. The van der Waals surface area contributed by atoms with E-state index in [1.54, 1.807) is 0 Å². The molecule has 0 radical (unpaired) electrons. The maximum Gasteiger partial charge on any atom is 0.113 e. The molecule has 80 valence electrons. The van der Waals surface area contributed by atoms with E-state index in [2.05, 4.69) is 50.4 Å². The lowest BCUT2D eigenvalue weighted by Crippen LogP contribution is -2.61. The molecule has 0 fully saturated rings. The molecule has 0 aliphatic heterocycles. The van der Waals surface area contributed by atoms with Gasteiger partial charge in [-0.25, -0.2) is 0 Å². The van der Waals surface area contributed by atoms with Crippen molar-refractivity contribution in [3.8, 4) is 0 Å². The summed E-state index contributed by atoms with van der Waals surface area (Å²) in [4.78, 5) is 0. The second-order valence-electron chi connectivity index (χ2n) is 5.60. The van der Waals surface area contributed by atoms with Gasteiger partial charge in [-0.05, 0) is 6.42 Å². The minimum absolute atomic E-state index is 0.471. The Morgan fingerprint density at radius 1 is 1.00 bits per heavy atom. The Morgan fingerprint density at radius 2 is 1.31 bits per heavy atom. The van der Waals surface area contributed by atoms with Crippen molar-refractivity contribution < 1.29 is 0 Å². The van der Waals surface area contributed by atoms with Crippen molar-refractivity contribution in [1.29, 1.82) is 0 Å². The summed E-state index contributed by atoms with van der Waals surface area (Å²) >= 11 is 4.71. The molecule has 0 bridgehead atoms. The van der Waals surface area contributed by atoms with Crippen LogP contribution in [0.1, 0.15) is 13.3 Å². The zero-order valence-corrected chi connectivity index (χ0v) is 13.1. The summed E-state index contributed by atoms with van der Waals surface area (Å²) in [5.74, 6) is 0. The summed E-state index contributed by atoms with van der Waals surface area (Å²) in [5, 5.41) is 0.471. The van der Waals surface area contributed by atoms with Crippen LogP contribution in [0.4, 0.5) is 0 Å². The van der Waals surface area contributed by atoms with Gasteiger partial charge in [-0.3, -0.25) is 0 Å². The van der Waals surface area contributed by atoms with Crippen molar-refractivity contribution >= 4 is 29.1 Å². The highest BCUT2D eigenvalue weighted by atomic mass is 32.1. The number of hydrogen-bond acceptors (Lipinski definition) is 2. The maximum absolute atomic E-state index is 4.71. The normalized spacial score (nSPS) is 16.4. The van der Waals surface area contributed by atoms with Crippen LogP contribution in [0.2, 0.25) is 39.3 Å².